The highest BCUT2D eigenvalue weighted by Gasteiger charge is 2.28. The van der Waals surface area contributed by atoms with E-state index >= 15 is 0 Å². The SMILES string of the molecule is CCC(CN)CC(=O)N1CC(C)OC(CO)C1. The van der Waals surface area contributed by atoms with Crippen LogP contribution in [0.15, 0.2) is 0 Å². The molecule has 0 saturated carbocycles. The number of carbonyl (C=O) groups is 1. The summed E-state index contributed by atoms with van der Waals surface area (Å²) in [4.78, 5) is 13.9. The van der Waals surface area contributed by atoms with E-state index in [0.29, 0.717) is 26.1 Å². The smallest absolute Gasteiger partial charge is 0.223 e. The van der Waals surface area contributed by atoms with Crippen LogP contribution < -0.4 is 5.73 Å². The van der Waals surface area contributed by atoms with Crippen LogP contribution in [0.25, 0.3) is 0 Å². The number of nitrogens with zero attached hydrogens (tertiary/aromatic N) is 1. The second kappa shape index (κ2) is 6.93. The van der Waals surface area contributed by atoms with Crippen LogP contribution in [0.1, 0.15) is 26.7 Å². The fourth-order valence-electron chi connectivity index (χ4n) is 2.12. The highest BCUT2D eigenvalue weighted by atomic mass is 16.5. The average Bonchev–Trinajstić information content (AvgIpc) is 2.34. The molecule has 0 aromatic heterocycles. The molecule has 3 unspecified atom stereocenters. The van der Waals surface area contributed by atoms with Crippen molar-refractivity contribution in [3.63, 3.8) is 0 Å². The molecule has 5 nitrogen and oxygen atoms in total. The third-order valence-electron chi connectivity index (χ3n) is 3.26. The second-order valence-electron chi connectivity index (χ2n) is 4.76. The van der Waals surface area contributed by atoms with Gasteiger partial charge in [0.2, 0.25) is 5.91 Å². The Bertz CT molecular complexity index is 244. The lowest BCUT2D eigenvalue weighted by molar-refractivity contribution is -0.148. The molecule has 1 amide bonds. The number of ether oxygens (including phenoxy) is 1. The number of hydrogen-bond donors (Lipinski definition) is 2. The Morgan fingerprint density at radius 3 is 2.82 bits per heavy atom. The van der Waals surface area contributed by atoms with E-state index in [1.807, 2.05) is 13.8 Å². The van der Waals surface area contributed by atoms with Crippen molar-refractivity contribution in [2.75, 3.05) is 26.2 Å². The zero-order valence-corrected chi connectivity index (χ0v) is 10.8. The van der Waals surface area contributed by atoms with Gasteiger partial charge in [-0.3, -0.25) is 4.79 Å². The van der Waals surface area contributed by atoms with Crippen molar-refractivity contribution in [2.24, 2.45) is 11.7 Å². The van der Waals surface area contributed by atoms with Crippen LogP contribution in [0.4, 0.5) is 0 Å². The summed E-state index contributed by atoms with van der Waals surface area (Å²) in [5.41, 5.74) is 5.61. The summed E-state index contributed by atoms with van der Waals surface area (Å²) in [6.07, 6.45) is 1.16. The van der Waals surface area contributed by atoms with E-state index in [1.165, 1.54) is 0 Å². The van der Waals surface area contributed by atoms with E-state index in [1.54, 1.807) is 4.90 Å². The van der Waals surface area contributed by atoms with Crippen molar-refractivity contribution in [3.8, 4) is 0 Å². The maximum absolute atomic E-state index is 12.1. The van der Waals surface area contributed by atoms with Gasteiger partial charge in [0.05, 0.1) is 18.8 Å². The molecule has 1 aliphatic heterocycles. The summed E-state index contributed by atoms with van der Waals surface area (Å²) in [7, 11) is 0. The molecule has 1 heterocycles. The molecule has 1 fully saturated rings. The third-order valence-corrected chi connectivity index (χ3v) is 3.26. The van der Waals surface area contributed by atoms with E-state index in [9.17, 15) is 4.79 Å². The summed E-state index contributed by atoms with van der Waals surface area (Å²) in [6, 6.07) is 0. The summed E-state index contributed by atoms with van der Waals surface area (Å²) < 4.78 is 5.50. The number of nitrogens with two attached hydrogens (primary N) is 1. The predicted molar refractivity (Wildman–Crippen MR) is 65.5 cm³/mol. The van der Waals surface area contributed by atoms with Crippen molar-refractivity contribution < 1.29 is 14.6 Å². The molecule has 1 rings (SSSR count). The molecule has 0 aromatic rings. The first kappa shape index (κ1) is 14.4. The molecular formula is C12H24N2O3. The molecular weight excluding hydrogens is 220 g/mol. The molecule has 0 bridgehead atoms. The van der Waals surface area contributed by atoms with Gasteiger partial charge in [-0.25, -0.2) is 0 Å². The monoisotopic (exact) mass is 244 g/mol. The number of aliphatic hydroxyl groups excluding tert-OH is 1. The van der Waals surface area contributed by atoms with Gasteiger partial charge in [-0.1, -0.05) is 13.3 Å². The molecule has 0 radical (unpaired) electrons. The first-order valence-electron chi connectivity index (χ1n) is 6.34. The summed E-state index contributed by atoms with van der Waals surface area (Å²) in [6.45, 7) is 5.57. The highest BCUT2D eigenvalue weighted by Crippen LogP contribution is 2.15. The minimum absolute atomic E-state index is 0.0113. The van der Waals surface area contributed by atoms with Crippen LogP contribution in [0.3, 0.4) is 0 Å². The first-order chi connectivity index (χ1) is 8.10. The molecule has 17 heavy (non-hydrogen) atoms. The van der Waals surface area contributed by atoms with Gasteiger partial charge in [-0.15, -0.1) is 0 Å². The Labute approximate surface area is 103 Å². The van der Waals surface area contributed by atoms with Gasteiger partial charge in [0.15, 0.2) is 0 Å². The molecule has 3 atom stereocenters. The summed E-state index contributed by atoms with van der Waals surface area (Å²) >= 11 is 0. The minimum atomic E-state index is -0.249. The Balaban J connectivity index is 2.50. The van der Waals surface area contributed by atoms with Gasteiger partial charge in [0, 0.05) is 19.5 Å². The third kappa shape index (κ3) is 4.26. The second-order valence-corrected chi connectivity index (χ2v) is 4.76. The number of hydrogen-bond acceptors (Lipinski definition) is 4. The van der Waals surface area contributed by atoms with Gasteiger partial charge in [-0.2, -0.15) is 0 Å². The lowest BCUT2D eigenvalue weighted by atomic mass is 10.0. The van der Waals surface area contributed by atoms with Gasteiger partial charge < -0.3 is 20.5 Å². The van der Waals surface area contributed by atoms with E-state index < -0.39 is 0 Å². The lowest BCUT2D eigenvalue weighted by Crippen LogP contribution is -2.50. The molecule has 1 aliphatic rings. The molecule has 100 valence electrons. The van der Waals surface area contributed by atoms with Crippen molar-refractivity contribution in [1.29, 1.82) is 0 Å². The normalized spacial score (nSPS) is 26.9. The van der Waals surface area contributed by atoms with Gasteiger partial charge in [-0.05, 0) is 19.4 Å². The summed E-state index contributed by atoms with van der Waals surface area (Å²) in [5.74, 6) is 0.379. The molecule has 3 N–H and O–H groups in total. The minimum Gasteiger partial charge on any atom is -0.394 e. The zero-order chi connectivity index (χ0) is 12.8. The van der Waals surface area contributed by atoms with E-state index in [-0.39, 0.29) is 30.6 Å². The Morgan fingerprint density at radius 2 is 2.29 bits per heavy atom. The largest absolute Gasteiger partial charge is 0.394 e. The maximum Gasteiger partial charge on any atom is 0.223 e. The van der Waals surface area contributed by atoms with E-state index in [2.05, 4.69) is 0 Å². The molecule has 0 spiro atoms. The van der Waals surface area contributed by atoms with Crippen molar-refractivity contribution in [3.05, 3.63) is 0 Å². The standard InChI is InChI=1S/C12H24N2O3/c1-3-10(5-13)4-12(16)14-6-9(2)17-11(7-14)8-15/h9-11,15H,3-8,13H2,1-2H3. The van der Waals surface area contributed by atoms with Crippen molar-refractivity contribution >= 4 is 5.91 Å². The van der Waals surface area contributed by atoms with Crippen LogP contribution in [0.2, 0.25) is 0 Å². The molecule has 5 heteroatoms. The molecule has 0 aliphatic carbocycles. The number of aliphatic hydroxyl groups is 1. The average molecular weight is 244 g/mol. The molecule has 1 saturated heterocycles. The fraction of sp³-hybridized carbons (Fsp3) is 0.917. The topological polar surface area (TPSA) is 75.8 Å². The Morgan fingerprint density at radius 1 is 1.59 bits per heavy atom. The number of morpholine rings is 1. The van der Waals surface area contributed by atoms with Crippen LogP contribution in [-0.4, -0.2) is 54.4 Å². The fourth-order valence-corrected chi connectivity index (χ4v) is 2.12. The zero-order valence-electron chi connectivity index (χ0n) is 10.8. The lowest BCUT2D eigenvalue weighted by Gasteiger charge is -2.36. The predicted octanol–water partition coefficient (Wildman–Crippen LogP) is -0.0304. The summed E-state index contributed by atoms with van der Waals surface area (Å²) in [5, 5.41) is 9.10. The van der Waals surface area contributed by atoms with Gasteiger partial charge in [0.1, 0.15) is 0 Å². The Hall–Kier alpha value is -0.650. The number of amides is 1. The Kier molecular flexibility index (Phi) is 5.88. The number of rotatable bonds is 5. The van der Waals surface area contributed by atoms with Crippen LogP contribution in [0.5, 0.6) is 0 Å². The van der Waals surface area contributed by atoms with E-state index in [4.69, 9.17) is 15.6 Å². The quantitative estimate of drug-likeness (QED) is 0.712. The van der Waals surface area contributed by atoms with Gasteiger partial charge >= 0.3 is 0 Å². The highest BCUT2D eigenvalue weighted by molar-refractivity contribution is 5.76. The van der Waals surface area contributed by atoms with Crippen molar-refractivity contribution in [2.45, 2.75) is 38.9 Å². The van der Waals surface area contributed by atoms with Crippen LogP contribution in [0, 0.1) is 5.92 Å². The molecule has 0 aromatic carbocycles. The maximum atomic E-state index is 12.1. The van der Waals surface area contributed by atoms with Crippen molar-refractivity contribution in [1.82, 2.24) is 4.90 Å². The van der Waals surface area contributed by atoms with Gasteiger partial charge in [0.25, 0.3) is 0 Å². The van der Waals surface area contributed by atoms with Crippen LogP contribution >= 0.6 is 0 Å². The van der Waals surface area contributed by atoms with Crippen LogP contribution in [-0.2, 0) is 9.53 Å². The number of carbonyl (C=O) groups excluding carboxylic acids is 1. The first-order valence-corrected chi connectivity index (χ1v) is 6.34. The van der Waals surface area contributed by atoms with E-state index in [0.717, 1.165) is 6.42 Å².